The molecular formula is C14H10ClN5O3S. The van der Waals surface area contributed by atoms with Gasteiger partial charge in [-0.05, 0) is 24.3 Å². The summed E-state index contributed by atoms with van der Waals surface area (Å²) in [6.45, 7) is 0.300. The number of nitrogens with one attached hydrogen (secondary N) is 1. The highest BCUT2D eigenvalue weighted by Gasteiger charge is 2.19. The second-order valence-electron chi connectivity index (χ2n) is 4.69. The molecule has 0 aliphatic rings. The van der Waals surface area contributed by atoms with Crippen molar-refractivity contribution >= 4 is 34.5 Å². The Kier molecular flexibility index (Phi) is 4.54. The first-order chi connectivity index (χ1) is 11.5. The molecule has 2 heterocycles. The maximum Gasteiger partial charge on any atom is 0.295 e. The van der Waals surface area contributed by atoms with Crippen LogP contribution in [0.2, 0.25) is 4.34 Å². The highest BCUT2D eigenvalue weighted by atomic mass is 35.5. The van der Waals surface area contributed by atoms with Crippen molar-refractivity contribution in [2.75, 3.05) is 0 Å². The molecule has 0 aliphatic heterocycles. The first kappa shape index (κ1) is 16.1. The Balaban J connectivity index is 1.82. The Labute approximate surface area is 144 Å². The minimum atomic E-state index is -0.563. The van der Waals surface area contributed by atoms with Crippen molar-refractivity contribution in [2.24, 2.45) is 0 Å². The zero-order valence-electron chi connectivity index (χ0n) is 12.0. The summed E-state index contributed by atoms with van der Waals surface area (Å²) < 4.78 is 1.90. The molecule has 0 fully saturated rings. The normalized spacial score (nSPS) is 10.5. The van der Waals surface area contributed by atoms with E-state index in [4.69, 9.17) is 11.6 Å². The molecule has 0 radical (unpaired) electrons. The van der Waals surface area contributed by atoms with E-state index < -0.39 is 10.8 Å². The number of hydrogen-bond acceptors (Lipinski definition) is 6. The quantitative estimate of drug-likeness (QED) is 0.554. The van der Waals surface area contributed by atoms with Crippen molar-refractivity contribution in [3.8, 4) is 5.69 Å². The van der Waals surface area contributed by atoms with Gasteiger partial charge in [0.15, 0.2) is 0 Å². The number of carbonyl (C=O) groups excluding carboxylic acids is 1. The fraction of sp³-hybridized carbons (Fsp3) is 0.0714. The van der Waals surface area contributed by atoms with Crippen LogP contribution in [0.1, 0.15) is 15.2 Å². The number of nitrogens with zero attached hydrogens (tertiary/aromatic N) is 4. The van der Waals surface area contributed by atoms with Gasteiger partial charge in [0.25, 0.3) is 11.6 Å². The van der Waals surface area contributed by atoms with Gasteiger partial charge in [0.05, 0.1) is 15.8 Å². The van der Waals surface area contributed by atoms with Crippen LogP contribution in [0.4, 0.5) is 5.69 Å². The Morgan fingerprint density at radius 2 is 2.21 bits per heavy atom. The van der Waals surface area contributed by atoms with Crippen LogP contribution in [0.5, 0.6) is 0 Å². The summed E-state index contributed by atoms with van der Waals surface area (Å²) in [5, 5.41) is 17.8. The summed E-state index contributed by atoms with van der Waals surface area (Å²) >= 11 is 7.19. The minimum Gasteiger partial charge on any atom is -0.347 e. The number of thiophene rings is 1. The highest BCUT2D eigenvalue weighted by Crippen LogP contribution is 2.24. The Hall–Kier alpha value is -2.78. The largest absolute Gasteiger partial charge is 0.347 e. The molecule has 0 saturated carbocycles. The minimum absolute atomic E-state index is 0.188. The van der Waals surface area contributed by atoms with E-state index in [9.17, 15) is 14.9 Å². The maximum atomic E-state index is 12.2. The molecular weight excluding hydrogens is 354 g/mol. The first-order valence-electron chi connectivity index (χ1n) is 6.70. The van der Waals surface area contributed by atoms with Crippen LogP contribution < -0.4 is 5.32 Å². The van der Waals surface area contributed by atoms with Crippen molar-refractivity contribution in [1.82, 2.24) is 20.1 Å². The van der Waals surface area contributed by atoms with E-state index in [0.29, 0.717) is 10.9 Å². The molecule has 1 aromatic carbocycles. The molecule has 3 rings (SSSR count). The van der Waals surface area contributed by atoms with E-state index in [1.165, 1.54) is 46.9 Å². The number of benzene rings is 1. The molecule has 0 aliphatic carbocycles. The van der Waals surface area contributed by atoms with Gasteiger partial charge < -0.3 is 5.32 Å². The summed E-state index contributed by atoms with van der Waals surface area (Å²) in [4.78, 5) is 27.6. The van der Waals surface area contributed by atoms with Crippen molar-refractivity contribution < 1.29 is 9.72 Å². The maximum absolute atomic E-state index is 12.2. The van der Waals surface area contributed by atoms with E-state index in [1.54, 1.807) is 6.07 Å². The molecule has 1 N–H and O–H groups in total. The average Bonchev–Trinajstić information content (AvgIpc) is 3.23. The van der Waals surface area contributed by atoms with Gasteiger partial charge in [-0.2, -0.15) is 5.10 Å². The molecule has 3 aromatic rings. The van der Waals surface area contributed by atoms with Crippen LogP contribution >= 0.6 is 22.9 Å². The number of nitro groups is 1. The number of hydrogen-bond donors (Lipinski definition) is 1. The lowest BCUT2D eigenvalue weighted by atomic mass is 10.1. The summed E-state index contributed by atoms with van der Waals surface area (Å²) in [7, 11) is 0. The molecule has 1 amide bonds. The van der Waals surface area contributed by atoms with Crippen molar-refractivity contribution in [1.29, 1.82) is 0 Å². The topological polar surface area (TPSA) is 103 Å². The molecule has 0 bridgehead atoms. The third-order valence-electron chi connectivity index (χ3n) is 3.15. The van der Waals surface area contributed by atoms with E-state index in [0.717, 1.165) is 4.88 Å². The standard InChI is InChI=1S/C14H10ClN5O3S/c15-13-4-2-10(24-13)6-17-14(21)9-1-3-11(12(5-9)20(22)23)19-8-16-7-18-19/h1-5,7-8H,6H2,(H,17,21). The number of nitro benzene ring substituents is 1. The van der Waals surface area contributed by atoms with Crippen molar-refractivity contribution in [3.05, 3.63) is 67.9 Å². The summed E-state index contributed by atoms with van der Waals surface area (Å²) in [6.07, 6.45) is 2.62. The van der Waals surface area contributed by atoms with Gasteiger partial charge in [-0.15, -0.1) is 11.3 Å². The number of amides is 1. The number of rotatable bonds is 5. The second-order valence-corrected chi connectivity index (χ2v) is 6.49. The lowest BCUT2D eigenvalue weighted by molar-refractivity contribution is -0.384. The van der Waals surface area contributed by atoms with Gasteiger partial charge in [-0.1, -0.05) is 11.6 Å². The van der Waals surface area contributed by atoms with Crippen LogP contribution in [0.25, 0.3) is 5.69 Å². The molecule has 0 unspecified atom stereocenters. The van der Waals surface area contributed by atoms with Gasteiger partial charge >= 0.3 is 0 Å². The fourth-order valence-corrected chi connectivity index (χ4v) is 3.08. The lowest BCUT2D eigenvalue weighted by Crippen LogP contribution is -2.22. The molecule has 8 nitrogen and oxygen atoms in total. The fourth-order valence-electron chi connectivity index (χ4n) is 2.05. The molecule has 2 aromatic heterocycles. The summed E-state index contributed by atoms with van der Waals surface area (Å²) in [6, 6.07) is 7.73. The van der Waals surface area contributed by atoms with Crippen molar-refractivity contribution in [2.45, 2.75) is 6.54 Å². The highest BCUT2D eigenvalue weighted by molar-refractivity contribution is 7.16. The van der Waals surface area contributed by atoms with E-state index in [-0.39, 0.29) is 16.9 Å². The average molecular weight is 364 g/mol. The van der Waals surface area contributed by atoms with E-state index in [1.807, 2.05) is 6.07 Å². The predicted molar refractivity (Wildman–Crippen MR) is 88.5 cm³/mol. The SMILES string of the molecule is O=C(NCc1ccc(Cl)s1)c1ccc(-n2cncn2)c([N+](=O)[O-])c1. The number of halogens is 1. The van der Waals surface area contributed by atoms with Crippen LogP contribution in [0, 0.1) is 10.1 Å². The van der Waals surface area contributed by atoms with Gasteiger partial charge in [-0.3, -0.25) is 14.9 Å². The first-order valence-corrected chi connectivity index (χ1v) is 7.90. The zero-order valence-corrected chi connectivity index (χ0v) is 13.6. The summed E-state index contributed by atoms with van der Waals surface area (Å²) in [5.74, 6) is -0.409. The van der Waals surface area contributed by atoms with Gasteiger partial charge in [-0.25, -0.2) is 9.67 Å². The molecule has 0 saturated heterocycles. The number of aromatic nitrogens is 3. The van der Waals surface area contributed by atoms with Crippen molar-refractivity contribution in [3.63, 3.8) is 0 Å². The predicted octanol–water partition coefficient (Wildman–Crippen LogP) is 2.82. The molecule has 10 heteroatoms. The third kappa shape index (κ3) is 3.42. The molecule has 0 spiro atoms. The Bertz CT molecular complexity index is 894. The van der Waals surface area contributed by atoms with Crippen LogP contribution in [-0.4, -0.2) is 25.6 Å². The van der Waals surface area contributed by atoms with Crippen LogP contribution in [0.3, 0.4) is 0 Å². The van der Waals surface area contributed by atoms with Crippen LogP contribution in [-0.2, 0) is 6.54 Å². The van der Waals surface area contributed by atoms with Gasteiger partial charge in [0.2, 0.25) is 0 Å². The van der Waals surface area contributed by atoms with E-state index >= 15 is 0 Å². The Morgan fingerprint density at radius 1 is 1.38 bits per heavy atom. The zero-order chi connectivity index (χ0) is 17.1. The molecule has 24 heavy (non-hydrogen) atoms. The monoisotopic (exact) mass is 363 g/mol. The summed E-state index contributed by atoms with van der Waals surface area (Å²) in [5.41, 5.74) is 0.194. The smallest absolute Gasteiger partial charge is 0.295 e. The molecule has 0 atom stereocenters. The van der Waals surface area contributed by atoms with Crippen LogP contribution in [0.15, 0.2) is 43.0 Å². The second kappa shape index (κ2) is 6.77. The van der Waals surface area contributed by atoms with Gasteiger partial charge in [0, 0.05) is 16.5 Å². The lowest BCUT2D eigenvalue weighted by Gasteiger charge is -2.06. The number of carbonyl (C=O) groups is 1. The molecule has 122 valence electrons. The van der Waals surface area contributed by atoms with Gasteiger partial charge in [0.1, 0.15) is 18.3 Å². The third-order valence-corrected chi connectivity index (χ3v) is 4.38. The van der Waals surface area contributed by atoms with E-state index in [2.05, 4.69) is 15.4 Å². The Morgan fingerprint density at radius 3 is 2.83 bits per heavy atom.